The van der Waals surface area contributed by atoms with Gasteiger partial charge < -0.3 is 4.74 Å². The Balaban J connectivity index is 2.37. The molecule has 2 aromatic rings. The van der Waals surface area contributed by atoms with Gasteiger partial charge in [0.1, 0.15) is 17.3 Å². The molecular formula is C15H11BrF4O. The molecule has 0 aromatic heterocycles. The molecule has 0 saturated heterocycles. The summed E-state index contributed by atoms with van der Waals surface area (Å²) in [7, 11) is 0. The summed E-state index contributed by atoms with van der Waals surface area (Å²) in [4.78, 5) is 0. The Hall–Kier alpha value is -1.56. The van der Waals surface area contributed by atoms with E-state index in [0.29, 0.717) is 11.3 Å². The Morgan fingerprint density at radius 3 is 2.38 bits per heavy atom. The lowest BCUT2D eigenvalue weighted by Crippen LogP contribution is -2.08. The maximum absolute atomic E-state index is 13.0. The van der Waals surface area contributed by atoms with Crippen LogP contribution in [0.4, 0.5) is 17.6 Å². The van der Waals surface area contributed by atoms with Gasteiger partial charge in [-0.05, 0) is 48.4 Å². The fourth-order valence-electron chi connectivity index (χ4n) is 1.85. The van der Waals surface area contributed by atoms with Gasteiger partial charge in [0.25, 0.3) is 0 Å². The third-order valence-corrected chi connectivity index (χ3v) is 3.50. The average molecular weight is 363 g/mol. The first kappa shape index (κ1) is 15.8. The maximum Gasteiger partial charge on any atom is 0.416 e. The molecule has 2 aromatic carbocycles. The lowest BCUT2D eigenvalue weighted by atomic mass is 10.1. The molecule has 0 atom stereocenters. The topological polar surface area (TPSA) is 9.23 Å². The van der Waals surface area contributed by atoms with Crippen LogP contribution in [0.15, 0.2) is 36.4 Å². The summed E-state index contributed by atoms with van der Waals surface area (Å²) in [6.45, 7) is 1.62. The number of benzene rings is 2. The smallest absolute Gasteiger partial charge is 0.416 e. The molecule has 21 heavy (non-hydrogen) atoms. The maximum atomic E-state index is 13.0. The van der Waals surface area contributed by atoms with E-state index in [1.54, 1.807) is 6.92 Å². The van der Waals surface area contributed by atoms with E-state index < -0.39 is 17.6 Å². The minimum atomic E-state index is -4.46. The van der Waals surface area contributed by atoms with Crippen LogP contribution >= 0.6 is 15.9 Å². The molecule has 0 aliphatic rings. The lowest BCUT2D eigenvalue weighted by Gasteiger charge is -2.14. The standard InChI is InChI=1S/C15H11BrF4O/c1-9-6-11(17)3-5-14(9)21-12-4-2-10(8-16)13(7-12)15(18,19)20/h2-7H,8H2,1H3. The summed E-state index contributed by atoms with van der Waals surface area (Å²) in [5.41, 5.74) is -0.115. The van der Waals surface area contributed by atoms with E-state index in [4.69, 9.17) is 4.74 Å². The van der Waals surface area contributed by atoms with Crippen molar-refractivity contribution in [1.29, 1.82) is 0 Å². The molecular weight excluding hydrogens is 352 g/mol. The van der Waals surface area contributed by atoms with Crippen LogP contribution in [-0.4, -0.2) is 0 Å². The second-order valence-electron chi connectivity index (χ2n) is 4.46. The van der Waals surface area contributed by atoms with Crippen LogP contribution in [0.1, 0.15) is 16.7 Å². The Morgan fingerprint density at radius 2 is 1.81 bits per heavy atom. The van der Waals surface area contributed by atoms with E-state index in [1.807, 2.05) is 0 Å². The summed E-state index contributed by atoms with van der Waals surface area (Å²) in [6.07, 6.45) is -4.46. The van der Waals surface area contributed by atoms with Crippen LogP contribution in [0.25, 0.3) is 0 Å². The van der Waals surface area contributed by atoms with E-state index in [-0.39, 0.29) is 16.6 Å². The monoisotopic (exact) mass is 362 g/mol. The summed E-state index contributed by atoms with van der Waals surface area (Å²) < 4.78 is 57.3. The van der Waals surface area contributed by atoms with Crippen molar-refractivity contribution in [2.75, 3.05) is 0 Å². The number of hydrogen-bond donors (Lipinski definition) is 0. The van der Waals surface area contributed by atoms with Crippen molar-refractivity contribution in [1.82, 2.24) is 0 Å². The third kappa shape index (κ3) is 3.75. The van der Waals surface area contributed by atoms with Gasteiger partial charge in [-0.25, -0.2) is 4.39 Å². The molecule has 0 saturated carbocycles. The minimum Gasteiger partial charge on any atom is -0.457 e. The molecule has 0 N–H and O–H groups in total. The average Bonchev–Trinajstić information content (AvgIpc) is 2.41. The molecule has 0 spiro atoms. The van der Waals surface area contributed by atoms with Crippen molar-refractivity contribution in [2.24, 2.45) is 0 Å². The first-order valence-corrected chi connectivity index (χ1v) is 7.13. The summed E-state index contributed by atoms with van der Waals surface area (Å²) in [5.74, 6) is -0.0525. The van der Waals surface area contributed by atoms with Gasteiger partial charge in [0, 0.05) is 5.33 Å². The van der Waals surface area contributed by atoms with E-state index >= 15 is 0 Å². The molecule has 0 aliphatic carbocycles. The van der Waals surface area contributed by atoms with Crippen molar-refractivity contribution in [3.63, 3.8) is 0 Å². The Bertz CT molecular complexity index is 653. The van der Waals surface area contributed by atoms with Crippen molar-refractivity contribution >= 4 is 15.9 Å². The predicted octanol–water partition coefficient (Wildman–Crippen LogP) is 5.84. The molecule has 2 rings (SSSR count). The highest BCUT2D eigenvalue weighted by Crippen LogP contribution is 2.36. The Kier molecular flexibility index (Phi) is 4.56. The van der Waals surface area contributed by atoms with Gasteiger partial charge in [-0.1, -0.05) is 22.0 Å². The molecule has 112 valence electrons. The third-order valence-electron chi connectivity index (χ3n) is 2.90. The SMILES string of the molecule is Cc1cc(F)ccc1Oc1ccc(CBr)c(C(F)(F)F)c1. The molecule has 0 unspecified atom stereocenters. The Morgan fingerprint density at radius 1 is 1.10 bits per heavy atom. The van der Waals surface area contributed by atoms with Gasteiger partial charge in [-0.3, -0.25) is 0 Å². The van der Waals surface area contributed by atoms with Crippen molar-refractivity contribution in [3.8, 4) is 11.5 Å². The number of hydrogen-bond acceptors (Lipinski definition) is 1. The fourth-order valence-corrected chi connectivity index (χ4v) is 2.34. The lowest BCUT2D eigenvalue weighted by molar-refractivity contribution is -0.138. The predicted molar refractivity (Wildman–Crippen MR) is 75.3 cm³/mol. The Labute approximate surface area is 127 Å². The molecule has 0 fully saturated rings. The van der Waals surface area contributed by atoms with Crippen LogP contribution in [0.3, 0.4) is 0 Å². The molecule has 0 amide bonds. The summed E-state index contributed by atoms with van der Waals surface area (Å²) in [5, 5.41) is 0.0949. The highest BCUT2D eigenvalue weighted by molar-refractivity contribution is 9.08. The zero-order valence-electron chi connectivity index (χ0n) is 11.0. The second-order valence-corrected chi connectivity index (χ2v) is 5.02. The van der Waals surface area contributed by atoms with Gasteiger partial charge >= 0.3 is 6.18 Å². The van der Waals surface area contributed by atoms with E-state index in [9.17, 15) is 17.6 Å². The second kappa shape index (κ2) is 6.05. The highest BCUT2D eigenvalue weighted by Gasteiger charge is 2.33. The van der Waals surface area contributed by atoms with Gasteiger partial charge in [0.15, 0.2) is 0 Å². The number of aryl methyl sites for hydroxylation is 1. The zero-order chi connectivity index (χ0) is 15.6. The first-order chi connectivity index (χ1) is 9.81. The van der Waals surface area contributed by atoms with Crippen molar-refractivity contribution < 1.29 is 22.3 Å². The summed E-state index contributed by atoms with van der Waals surface area (Å²) in [6, 6.07) is 7.59. The molecule has 0 heterocycles. The molecule has 1 nitrogen and oxygen atoms in total. The molecule has 0 bridgehead atoms. The van der Waals surface area contributed by atoms with E-state index in [2.05, 4.69) is 15.9 Å². The van der Waals surface area contributed by atoms with Crippen molar-refractivity contribution in [2.45, 2.75) is 18.4 Å². The fraction of sp³-hybridized carbons (Fsp3) is 0.200. The molecule has 6 heteroatoms. The van der Waals surface area contributed by atoms with E-state index in [1.165, 1.54) is 30.3 Å². The quantitative estimate of drug-likeness (QED) is 0.492. The largest absolute Gasteiger partial charge is 0.457 e. The first-order valence-electron chi connectivity index (χ1n) is 6.01. The number of halogens is 5. The number of alkyl halides is 4. The molecule has 0 radical (unpaired) electrons. The zero-order valence-corrected chi connectivity index (χ0v) is 12.6. The highest BCUT2D eigenvalue weighted by atomic mass is 79.9. The normalized spacial score (nSPS) is 11.5. The minimum absolute atomic E-state index is 0.0572. The van der Waals surface area contributed by atoms with Crippen LogP contribution in [0, 0.1) is 12.7 Å². The van der Waals surface area contributed by atoms with Crippen LogP contribution < -0.4 is 4.74 Å². The number of rotatable bonds is 3. The van der Waals surface area contributed by atoms with Crippen LogP contribution in [0.5, 0.6) is 11.5 Å². The van der Waals surface area contributed by atoms with Crippen LogP contribution in [0.2, 0.25) is 0 Å². The van der Waals surface area contributed by atoms with Crippen molar-refractivity contribution in [3.05, 3.63) is 58.9 Å². The molecule has 0 aliphatic heterocycles. The van der Waals surface area contributed by atoms with Gasteiger partial charge in [0.2, 0.25) is 0 Å². The van der Waals surface area contributed by atoms with Crippen LogP contribution in [-0.2, 0) is 11.5 Å². The summed E-state index contributed by atoms with van der Waals surface area (Å²) >= 11 is 3.03. The van der Waals surface area contributed by atoms with Gasteiger partial charge in [0.05, 0.1) is 5.56 Å². The van der Waals surface area contributed by atoms with Gasteiger partial charge in [-0.2, -0.15) is 13.2 Å². The van der Waals surface area contributed by atoms with Gasteiger partial charge in [-0.15, -0.1) is 0 Å². The number of ether oxygens (including phenoxy) is 1. The van der Waals surface area contributed by atoms with E-state index in [0.717, 1.165) is 6.07 Å².